The van der Waals surface area contributed by atoms with E-state index < -0.39 is 11.0 Å². The van der Waals surface area contributed by atoms with Crippen LogP contribution in [0.2, 0.25) is 0 Å². The SMILES string of the molecule is Cc1cc(OCC(O)COC(C)C)ccc1[N+](=O)[O-]. The van der Waals surface area contributed by atoms with Crippen molar-refractivity contribution >= 4 is 5.69 Å². The van der Waals surface area contributed by atoms with Gasteiger partial charge in [0.2, 0.25) is 0 Å². The summed E-state index contributed by atoms with van der Waals surface area (Å²) in [5.41, 5.74) is 0.575. The molecule has 0 fully saturated rings. The van der Waals surface area contributed by atoms with Gasteiger partial charge in [-0.2, -0.15) is 0 Å². The summed E-state index contributed by atoms with van der Waals surface area (Å²) in [4.78, 5) is 10.2. The van der Waals surface area contributed by atoms with Crippen molar-refractivity contribution in [3.05, 3.63) is 33.9 Å². The zero-order valence-corrected chi connectivity index (χ0v) is 11.3. The first-order valence-electron chi connectivity index (χ1n) is 6.07. The molecule has 1 rings (SSSR count). The van der Waals surface area contributed by atoms with Crippen LogP contribution in [0.15, 0.2) is 18.2 Å². The Labute approximate surface area is 112 Å². The molecule has 0 heterocycles. The van der Waals surface area contributed by atoms with Crippen molar-refractivity contribution in [1.29, 1.82) is 0 Å². The van der Waals surface area contributed by atoms with E-state index in [1.807, 2.05) is 13.8 Å². The number of nitro benzene ring substituents is 1. The Hall–Kier alpha value is -1.66. The number of aliphatic hydroxyl groups is 1. The molecule has 0 aliphatic heterocycles. The van der Waals surface area contributed by atoms with Crippen LogP contribution in [-0.4, -0.2) is 35.5 Å². The normalized spacial score (nSPS) is 12.5. The largest absolute Gasteiger partial charge is 0.491 e. The molecular formula is C13H19NO5. The third-order valence-electron chi connectivity index (χ3n) is 2.43. The minimum Gasteiger partial charge on any atom is -0.491 e. The maximum Gasteiger partial charge on any atom is 0.272 e. The lowest BCUT2D eigenvalue weighted by molar-refractivity contribution is -0.385. The van der Waals surface area contributed by atoms with Crippen LogP contribution in [0, 0.1) is 17.0 Å². The third-order valence-corrected chi connectivity index (χ3v) is 2.43. The van der Waals surface area contributed by atoms with Crippen molar-refractivity contribution in [1.82, 2.24) is 0 Å². The molecule has 0 radical (unpaired) electrons. The summed E-state index contributed by atoms with van der Waals surface area (Å²) in [6, 6.07) is 4.48. The predicted octanol–water partition coefficient (Wildman–Crippen LogP) is 2.07. The summed E-state index contributed by atoms with van der Waals surface area (Å²) in [6.45, 7) is 5.69. The Balaban J connectivity index is 2.50. The van der Waals surface area contributed by atoms with E-state index in [0.29, 0.717) is 11.3 Å². The average molecular weight is 269 g/mol. The fraction of sp³-hybridized carbons (Fsp3) is 0.538. The topological polar surface area (TPSA) is 81.8 Å². The van der Waals surface area contributed by atoms with E-state index >= 15 is 0 Å². The Morgan fingerprint density at radius 2 is 2.05 bits per heavy atom. The lowest BCUT2D eigenvalue weighted by Gasteiger charge is -2.14. The number of rotatable bonds is 7. The second-order valence-corrected chi connectivity index (χ2v) is 4.55. The van der Waals surface area contributed by atoms with Crippen LogP contribution in [0.5, 0.6) is 5.75 Å². The van der Waals surface area contributed by atoms with Gasteiger partial charge in [-0.05, 0) is 32.9 Å². The van der Waals surface area contributed by atoms with Crippen molar-refractivity contribution < 1.29 is 19.5 Å². The van der Waals surface area contributed by atoms with Gasteiger partial charge in [0.15, 0.2) is 0 Å². The molecular weight excluding hydrogens is 250 g/mol. The molecule has 1 N–H and O–H groups in total. The number of hydrogen-bond donors (Lipinski definition) is 1. The summed E-state index contributed by atoms with van der Waals surface area (Å²) >= 11 is 0. The molecule has 0 aromatic heterocycles. The second-order valence-electron chi connectivity index (χ2n) is 4.55. The van der Waals surface area contributed by atoms with E-state index in [0.717, 1.165) is 0 Å². The van der Waals surface area contributed by atoms with Crippen LogP contribution in [0.25, 0.3) is 0 Å². The zero-order chi connectivity index (χ0) is 14.4. The van der Waals surface area contributed by atoms with Gasteiger partial charge >= 0.3 is 0 Å². The first-order valence-corrected chi connectivity index (χ1v) is 6.07. The molecule has 1 aromatic carbocycles. The Morgan fingerprint density at radius 1 is 1.37 bits per heavy atom. The molecule has 1 atom stereocenters. The molecule has 6 nitrogen and oxygen atoms in total. The second kappa shape index (κ2) is 7.06. The van der Waals surface area contributed by atoms with Crippen LogP contribution in [0.4, 0.5) is 5.69 Å². The minimum atomic E-state index is -0.724. The van der Waals surface area contributed by atoms with Gasteiger partial charge in [-0.15, -0.1) is 0 Å². The van der Waals surface area contributed by atoms with E-state index in [9.17, 15) is 15.2 Å². The van der Waals surface area contributed by atoms with Crippen LogP contribution >= 0.6 is 0 Å². The number of aliphatic hydroxyl groups excluding tert-OH is 1. The highest BCUT2D eigenvalue weighted by atomic mass is 16.6. The maximum atomic E-state index is 10.7. The van der Waals surface area contributed by atoms with E-state index in [1.165, 1.54) is 12.1 Å². The highest BCUT2D eigenvalue weighted by molar-refractivity contribution is 5.44. The van der Waals surface area contributed by atoms with E-state index in [2.05, 4.69) is 0 Å². The van der Waals surface area contributed by atoms with Gasteiger partial charge in [0.05, 0.1) is 17.6 Å². The van der Waals surface area contributed by atoms with Crippen molar-refractivity contribution in [3.8, 4) is 5.75 Å². The lowest BCUT2D eigenvalue weighted by atomic mass is 10.2. The number of ether oxygens (including phenoxy) is 2. The zero-order valence-electron chi connectivity index (χ0n) is 11.3. The Morgan fingerprint density at radius 3 is 2.58 bits per heavy atom. The smallest absolute Gasteiger partial charge is 0.272 e. The molecule has 0 saturated carbocycles. The first kappa shape index (κ1) is 15.4. The summed E-state index contributed by atoms with van der Waals surface area (Å²) in [5.74, 6) is 0.492. The van der Waals surface area contributed by atoms with Crippen molar-refractivity contribution in [2.24, 2.45) is 0 Å². The average Bonchev–Trinajstić information content (AvgIpc) is 2.33. The number of hydrogen-bond acceptors (Lipinski definition) is 5. The number of nitrogens with zero attached hydrogens (tertiary/aromatic N) is 1. The first-order chi connectivity index (χ1) is 8.90. The molecule has 19 heavy (non-hydrogen) atoms. The highest BCUT2D eigenvalue weighted by Gasteiger charge is 2.12. The Bertz CT molecular complexity index is 433. The molecule has 1 unspecified atom stereocenters. The Kier molecular flexibility index (Phi) is 5.72. The summed E-state index contributed by atoms with van der Waals surface area (Å²) in [5, 5.41) is 20.3. The molecule has 0 aliphatic rings. The molecule has 0 saturated heterocycles. The molecule has 0 amide bonds. The minimum absolute atomic E-state index is 0.0519. The number of nitro groups is 1. The molecule has 0 spiro atoms. The fourth-order valence-electron chi connectivity index (χ4n) is 1.47. The van der Waals surface area contributed by atoms with Gasteiger partial charge in [-0.25, -0.2) is 0 Å². The monoisotopic (exact) mass is 269 g/mol. The standard InChI is InChI=1S/C13H19NO5/c1-9(2)18-7-11(15)8-19-12-4-5-13(14(16)17)10(3)6-12/h4-6,9,11,15H,7-8H2,1-3H3. The van der Waals surface area contributed by atoms with E-state index in [-0.39, 0.29) is 25.0 Å². The van der Waals surface area contributed by atoms with Gasteiger partial charge in [-0.1, -0.05) is 0 Å². The molecule has 0 bridgehead atoms. The van der Waals surface area contributed by atoms with Crippen molar-refractivity contribution in [3.63, 3.8) is 0 Å². The van der Waals surface area contributed by atoms with Gasteiger partial charge in [0.1, 0.15) is 18.5 Å². The highest BCUT2D eigenvalue weighted by Crippen LogP contribution is 2.23. The maximum absolute atomic E-state index is 10.7. The lowest BCUT2D eigenvalue weighted by Crippen LogP contribution is -2.25. The predicted molar refractivity (Wildman–Crippen MR) is 70.4 cm³/mol. The van der Waals surface area contributed by atoms with Crippen LogP contribution in [0.1, 0.15) is 19.4 Å². The van der Waals surface area contributed by atoms with Crippen LogP contribution in [-0.2, 0) is 4.74 Å². The van der Waals surface area contributed by atoms with Gasteiger partial charge in [0.25, 0.3) is 5.69 Å². The van der Waals surface area contributed by atoms with E-state index in [4.69, 9.17) is 9.47 Å². The number of benzene rings is 1. The molecule has 1 aromatic rings. The summed E-state index contributed by atoms with van der Waals surface area (Å²) in [6.07, 6.45) is -0.672. The fourth-order valence-corrected chi connectivity index (χ4v) is 1.47. The van der Waals surface area contributed by atoms with Gasteiger partial charge in [-0.3, -0.25) is 10.1 Å². The van der Waals surface area contributed by atoms with Crippen molar-refractivity contribution in [2.75, 3.05) is 13.2 Å². The summed E-state index contributed by atoms with van der Waals surface area (Å²) < 4.78 is 10.6. The quantitative estimate of drug-likeness (QED) is 0.605. The molecule has 106 valence electrons. The molecule has 0 aliphatic carbocycles. The van der Waals surface area contributed by atoms with E-state index in [1.54, 1.807) is 13.0 Å². The van der Waals surface area contributed by atoms with Crippen LogP contribution < -0.4 is 4.74 Å². The third kappa shape index (κ3) is 5.23. The van der Waals surface area contributed by atoms with Gasteiger partial charge < -0.3 is 14.6 Å². The van der Waals surface area contributed by atoms with Crippen LogP contribution in [0.3, 0.4) is 0 Å². The number of aryl methyl sites for hydroxylation is 1. The van der Waals surface area contributed by atoms with Crippen molar-refractivity contribution in [2.45, 2.75) is 33.0 Å². The molecule has 6 heteroatoms. The summed E-state index contributed by atoms with van der Waals surface area (Å²) in [7, 11) is 0. The van der Waals surface area contributed by atoms with Gasteiger partial charge in [0, 0.05) is 11.6 Å².